The maximum absolute atomic E-state index is 12.2. The van der Waals surface area contributed by atoms with Gasteiger partial charge in [0.25, 0.3) is 5.56 Å². The third-order valence-electron chi connectivity index (χ3n) is 3.92. The standard InChI is InChI=1S/C14H23BrN4O2/c1-18(2)6-7-19-14(21)13(15)11(9-17-19)16-8-10-4-3-5-12(10)20/h9-10,12,16,20H,3-8H2,1-2H3. The number of anilines is 1. The molecule has 6 nitrogen and oxygen atoms in total. The molecule has 7 heteroatoms. The van der Waals surface area contributed by atoms with Crippen molar-refractivity contribution in [2.45, 2.75) is 31.9 Å². The monoisotopic (exact) mass is 358 g/mol. The van der Waals surface area contributed by atoms with Crippen LogP contribution in [0.1, 0.15) is 19.3 Å². The van der Waals surface area contributed by atoms with Gasteiger partial charge in [0, 0.05) is 19.0 Å². The topological polar surface area (TPSA) is 70.4 Å². The molecule has 2 atom stereocenters. The molecule has 0 saturated heterocycles. The molecule has 0 spiro atoms. The van der Waals surface area contributed by atoms with Gasteiger partial charge in [0.05, 0.1) is 24.5 Å². The normalized spacial score (nSPS) is 22.0. The number of nitrogens with one attached hydrogen (secondary N) is 1. The first-order chi connectivity index (χ1) is 9.99. The molecule has 1 saturated carbocycles. The fourth-order valence-electron chi connectivity index (χ4n) is 2.54. The van der Waals surface area contributed by atoms with Crippen molar-refractivity contribution in [3.05, 3.63) is 21.0 Å². The summed E-state index contributed by atoms with van der Waals surface area (Å²) in [7, 11) is 3.92. The Balaban J connectivity index is 2.01. The van der Waals surface area contributed by atoms with Gasteiger partial charge in [0.1, 0.15) is 4.47 Å². The predicted octanol–water partition coefficient (Wildman–Crippen LogP) is 1.14. The average molecular weight is 359 g/mol. The summed E-state index contributed by atoms with van der Waals surface area (Å²) in [6, 6.07) is 0. The summed E-state index contributed by atoms with van der Waals surface area (Å²) in [6.07, 6.45) is 4.41. The highest BCUT2D eigenvalue weighted by atomic mass is 79.9. The van der Waals surface area contributed by atoms with Crippen LogP contribution < -0.4 is 10.9 Å². The van der Waals surface area contributed by atoms with Gasteiger partial charge in [-0.3, -0.25) is 4.79 Å². The molecule has 0 amide bonds. The molecule has 0 radical (unpaired) electrons. The lowest BCUT2D eigenvalue weighted by Gasteiger charge is -2.17. The molecule has 21 heavy (non-hydrogen) atoms. The number of aliphatic hydroxyl groups excluding tert-OH is 1. The van der Waals surface area contributed by atoms with Crippen LogP contribution in [0.4, 0.5) is 5.69 Å². The Morgan fingerprint density at radius 2 is 2.29 bits per heavy atom. The molecular formula is C14H23BrN4O2. The Morgan fingerprint density at radius 1 is 1.52 bits per heavy atom. The fraction of sp³-hybridized carbons (Fsp3) is 0.714. The number of likely N-dealkylation sites (N-methyl/N-ethyl adjacent to an activating group) is 1. The predicted molar refractivity (Wildman–Crippen MR) is 86.6 cm³/mol. The first-order valence-electron chi connectivity index (χ1n) is 7.31. The van der Waals surface area contributed by atoms with E-state index in [-0.39, 0.29) is 17.6 Å². The average Bonchev–Trinajstić information content (AvgIpc) is 2.85. The van der Waals surface area contributed by atoms with Crippen LogP contribution in [0, 0.1) is 5.92 Å². The van der Waals surface area contributed by atoms with Crippen LogP contribution in [-0.2, 0) is 6.54 Å². The minimum Gasteiger partial charge on any atom is -0.393 e. The quantitative estimate of drug-likeness (QED) is 0.797. The van der Waals surface area contributed by atoms with E-state index >= 15 is 0 Å². The summed E-state index contributed by atoms with van der Waals surface area (Å²) in [5.41, 5.74) is 0.564. The number of aliphatic hydroxyl groups is 1. The Hall–Kier alpha value is -0.920. The van der Waals surface area contributed by atoms with E-state index < -0.39 is 0 Å². The third-order valence-corrected chi connectivity index (χ3v) is 4.68. The van der Waals surface area contributed by atoms with Gasteiger partial charge in [0.2, 0.25) is 0 Å². The van der Waals surface area contributed by atoms with Gasteiger partial charge in [-0.2, -0.15) is 5.10 Å². The lowest BCUT2D eigenvalue weighted by molar-refractivity contribution is 0.138. The van der Waals surface area contributed by atoms with Crippen molar-refractivity contribution in [1.82, 2.24) is 14.7 Å². The molecule has 2 rings (SSSR count). The van der Waals surface area contributed by atoms with E-state index in [1.807, 2.05) is 19.0 Å². The zero-order valence-electron chi connectivity index (χ0n) is 12.5. The SMILES string of the molecule is CN(C)CCn1ncc(NCC2CCCC2O)c(Br)c1=O. The highest BCUT2D eigenvalue weighted by Crippen LogP contribution is 2.26. The van der Waals surface area contributed by atoms with Gasteiger partial charge in [-0.1, -0.05) is 6.42 Å². The Bertz CT molecular complexity index is 532. The highest BCUT2D eigenvalue weighted by Gasteiger charge is 2.25. The minimum absolute atomic E-state index is 0.131. The van der Waals surface area contributed by atoms with Crippen molar-refractivity contribution in [1.29, 1.82) is 0 Å². The number of rotatable bonds is 6. The van der Waals surface area contributed by atoms with Crippen molar-refractivity contribution in [2.75, 3.05) is 32.5 Å². The van der Waals surface area contributed by atoms with E-state index in [2.05, 4.69) is 26.3 Å². The van der Waals surface area contributed by atoms with Crippen LogP contribution >= 0.6 is 15.9 Å². The Labute approximate surface area is 133 Å². The van der Waals surface area contributed by atoms with Gasteiger partial charge in [0.15, 0.2) is 0 Å². The van der Waals surface area contributed by atoms with Crippen LogP contribution in [0.5, 0.6) is 0 Å². The minimum atomic E-state index is -0.232. The molecule has 2 unspecified atom stereocenters. The second kappa shape index (κ2) is 7.38. The zero-order valence-corrected chi connectivity index (χ0v) is 14.1. The van der Waals surface area contributed by atoms with Crippen LogP contribution in [0.15, 0.2) is 15.5 Å². The summed E-state index contributed by atoms with van der Waals surface area (Å²) in [5, 5.41) is 17.2. The number of hydrogen-bond acceptors (Lipinski definition) is 5. The molecule has 1 aliphatic rings. The van der Waals surface area contributed by atoms with Crippen LogP contribution in [-0.4, -0.2) is 53.1 Å². The van der Waals surface area contributed by atoms with E-state index in [0.29, 0.717) is 23.2 Å². The van der Waals surface area contributed by atoms with Gasteiger partial charge in [-0.05, 0) is 42.9 Å². The molecule has 0 aromatic carbocycles. The largest absolute Gasteiger partial charge is 0.393 e. The molecule has 1 aliphatic carbocycles. The number of halogens is 1. The molecule has 2 N–H and O–H groups in total. The molecule has 0 bridgehead atoms. The first-order valence-corrected chi connectivity index (χ1v) is 8.10. The van der Waals surface area contributed by atoms with Crippen molar-refractivity contribution < 1.29 is 5.11 Å². The van der Waals surface area contributed by atoms with E-state index in [1.165, 1.54) is 4.68 Å². The lowest BCUT2D eigenvalue weighted by Crippen LogP contribution is -2.30. The molecule has 0 aliphatic heterocycles. The van der Waals surface area contributed by atoms with E-state index in [0.717, 1.165) is 25.8 Å². The molecule has 1 heterocycles. The number of aromatic nitrogens is 2. The van der Waals surface area contributed by atoms with Gasteiger partial charge < -0.3 is 15.3 Å². The second-order valence-corrected chi connectivity index (χ2v) is 6.64. The molecule has 1 aromatic heterocycles. The molecule has 118 valence electrons. The fourth-order valence-corrected chi connectivity index (χ4v) is 2.99. The van der Waals surface area contributed by atoms with Crippen molar-refractivity contribution >= 4 is 21.6 Å². The van der Waals surface area contributed by atoms with Gasteiger partial charge >= 0.3 is 0 Å². The summed E-state index contributed by atoms with van der Waals surface area (Å²) in [5.74, 6) is 0.257. The Morgan fingerprint density at radius 3 is 2.90 bits per heavy atom. The van der Waals surface area contributed by atoms with Crippen LogP contribution in [0.3, 0.4) is 0 Å². The van der Waals surface area contributed by atoms with Crippen molar-refractivity contribution in [3.8, 4) is 0 Å². The second-order valence-electron chi connectivity index (χ2n) is 5.84. The Kier molecular flexibility index (Phi) is 5.78. The summed E-state index contributed by atoms with van der Waals surface area (Å²) >= 11 is 3.35. The van der Waals surface area contributed by atoms with E-state index in [9.17, 15) is 9.90 Å². The van der Waals surface area contributed by atoms with E-state index in [4.69, 9.17) is 0 Å². The van der Waals surface area contributed by atoms with Crippen LogP contribution in [0.25, 0.3) is 0 Å². The smallest absolute Gasteiger partial charge is 0.283 e. The van der Waals surface area contributed by atoms with Gasteiger partial charge in [-0.25, -0.2) is 4.68 Å². The summed E-state index contributed by atoms with van der Waals surface area (Å²) in [4.78, 5) is 14.2. The van der Waals surface area contributed by atoms with Crippen molar-refractivity contribution in [3.63, 3.8) is 0 Å². The molecule has 1 fully saturated rings. The highest BCUT2D eigenvalue weighted by molar-refractivity contribution is 9.10. The lowest BCUT2D eigenvalue weighted by atomic mass is 10.1. The number of hydrogen-bond donors (Lipinski definition) is 2. The maximum Gasteiger partial charge on any atom is 0.283 e. The van der Waals surface area contributed by atoms with Crippen molar-refractivity contribution in [2.24, 2.45) is 5.92 Å². The maximum atomic E-state index is 12.2. The van der Waals surface area contributed by atoms with Crippen LogP contribution in [0.2, 0.25) is 0 Å². The summed E-state index contributed by atoms with van der Waals surface area (Å²) in [6.45, 7) is 2.00. The molecule has 1 aromatic rings. The van der Waals surface area contributed by atoms with E-state index in [1.54, 1.807) is 6.20 Å². The number of nitrogens with zero attached hydrogens (tertiary/aromatic N) is 3. The molecular weight excluding hydrogens is 336 g/mol. The zero-order chi connectivity index (χ0) is 15.4. The van der Waals surface area contributed by atoms with Gasteiger partial charge in [-0.15, -0.1) is 0 Å². The third kappa shape index (κ3) is 4.28. The first kappa shape index (κ1) is 16.5. The summed E-state index contributed by atoms with van der Waals surface area (Å²) < 4.78 is 1.96.